The molecule has 5 nitrogen and oxygen atoms in total. The van der Waals surface area contributed by atoms with Gasteiger partial charge in [-0.1, -0.05) is 0 Å². The molecule has 1 atom stereocenters. The van der Waals surface area contributed by atoms with Crippen molar-refractivity contribution in [3.63, 3.8) is 0 Å². The van der Waals surface area contributed by atoms with Gasteiger partial charge in [-0.3, -0.25) is 4.68 Å². The average molecular weight is 267 g/mol. The van der Waals surface area contributed by atoms with Gasteiger partial charge < -0.3 is 14.8 Å². The van der Waals surface area contributed by atoms with Gasteiger partial charge in [-0.15, -0.1) is 0 Å². The SMILES string of the molecule is COCCNCc1ccn(CC2CCC(C)(C)O2)n1. The number of nitrogens with one attached hydrogen (secondary N) is 1. The van der Waals surface area contributed by atoms with Gasteiger partial charge >= 0.3 is 0 Å². The van der Waals surface area contributed by atoms with Crippen molar-refractivity contribution in [3.05, 3.63) is 18.0 Å². The summed E-state index contributed by atoms with van der Waals surface area (Å²) in [5.74, 6) is 0. The molecule has 0 aliphatic carbocycles. The molecule has 2 heterocycles. The lowest BCUT2D eigenvalue weighted by molar-refractivity contribution is -0.0230. The normalized spacial score (nSPS) is 21.9. The molecule has 108 valence electrons. The number of ether oxygens (including phenoxy) is 2. The number of hydrogen-bond acceptors (Lipinski definition) is 4. The fraction of sp³-hybridized carbons (Fsp3) is 0.786. The molecule has 5 heteroatoms. The molecule has 1 unspecified atom stereocenters. The molecule has 0 radical (unpaired) electrons. The van der Waals surface area contributed by atoms with Gasteiger partial charge in [-0.05, 0) is 32.8 Å². The Bertz CT molecular complexity index is 390. The maximum Gasteiger partial charge on any atom is 0.0779 e. The summed E-state index contributed by atoms with van der Waals surface area (Å²) >= 11 is 0. The average Bonchev–Trinajstić information content (AvgIpc) is 2.92. The van der Waals surface area contributed by atoms with Crippen molar-refractivity contribution < 1.29 is 9.47 Å². The molecule has 0 spiro atoms. The van der Waals surface area contributed by atoms with E-state index in [1.165, 1.54) is 0 Å². The van der Waals surface area contributed by atoms with Crippen LogP contribution in [0.25, 0.3) is 0 Å². The highest BCUT2D eigenvalue weighted by Gasteiger charge is 2.31. The largest absolute Gasteiger partial charge is 0.383 e. The topological polar surface area (TPSA) is 48.3 Å². The molecule has 1 N–H and O–H groups in total. The van der Waals surface area contributed by atoms with E-state index in [0.29, 0.717) is 6.10 Å². The lowest BCUT2D eigenvalue weighted by Crippen LogP contribution is -2.23. The standard InChI is InChI=1S/C14H25N3O2/c1-14(2)6-4-13(19-14)11-17-8-5-12(16-17)10-15-7-9-18-3/h5,8,13,15H,4,6-7,9-11H2,1-3H3. The summed E-state index contributed by atoms with van der Waals surface area (Å²) in [7, 11) is 1.71. The zero-order valence-electron chi connectivity index (χ0n) is 12.2. The first-order chi connectivity index (χ1) is 9.09. The molecule has 2 rings (SSSR count). The smallest absolute Gasteiger partial charge is 0.0779 e. The fourth-order valence-electron chi connectivity index (χ4n) is 2.41. The minimum absolute atomic E-state index is 0.0301. The van der Waals surface area contributed by atoms with Crippen LogP contribution >= 0.6 is 0 Å². The van der Waals surface area contributed by atoms with Crippen LogP contribution in [0.5, 0.6) is 0 Å². The van der Waals surface area contributed by atoms with Gasteiger partial charge in [0.15, 0.2) is 0 Å². The van der Waals surface area contributed by atoms with Crippen molar-refractivity contribution in [1.29, 1.82) is 0 Å². The molecule has 1 aromatic heterocycles. The molecule has 1 aromatic rings. The van der Waals surface area contributed by atoms with E-state index in [0.717, 1.165) is 44.8 Å². The quantitative estimate of drug-likeness (QED) is 0.762. The van der Waals surface area contributed by atoms with Gasteiger partial charge in [0, 0.05) is 26.4 Å². The summed E-state index contributed by atoms with van der Waals surface area (Å²) in [6.45, 7) is 7.52. The molecule has 0 amide bonds. The molecule has 0 aromatic carbocycles. The van der Waals surface area contributed by atoms with Crippen molar-refractivity contribution in [1.82, 2.24) is 15.1 Å². The van der Waals surface area contributed by atoms with Crippen LogP contribution in [0.3, 0.4) is 0 Å². The molecular weight excluding hydrogens is 242 g/mol. The predicted molar refractivity (Wildman–Crippen MR) is 74.0 cm³/mol. The predicted octanol–water partition coefficient (Wildman–Crippen LogP) is 1.58. The van der Waals surface area contributed by atoms with Crippen molar-refractivity contribution in [2.75, 3.05) is 20.3 Å². The fourth-order valence-corrected chi connectivity index (χ4v) is 2.41. The van der Waals surface area contributed by atoms with Crippen LogP contribution < -0.4 is 5.32 Å². The van der Waals surface area contributed by atoms with Crippen LogP contribution in [0.4, 0.5) is 0 Å². The highest BCUT2D eigenvalue weighted by molar-refractivity contribution is 4.98. The van der Waals surface area contributed by atoms with E-state index in [2.05, 4.69) is 30.3 Å². The third-order valence-corrected chi connectivity index (χ3v) is 3.43. The second-order valence-electron chi connectivity index (χ2n) is 5.74. The van der Waals surface area contributed by atoms with Crippen LogP contribution in [0.15, 0.2) is 12.3 Å². The first kappa shape index (κ1) is 14.5. The molecular formula is C14H25N3O2. The van der Waals surface area contributed by atoms with Crippen LogP contribution in [0.1, 0.15) is 32.4 Å². The molecule has 1 aliphatic rings. The van der Waals surface area contributed by atoms with E-state index in [-0.39, 0.29) is 5.60 Å². The Kier molecular flexibility index (Phi) is 4.96. The second-order valence-corrected chi connectivity index (χ2v) is 5.74. The summed E-state index contributed by atoms with van der Waals surface area (Å²) in [5, 5.41) is 7.84. The monoisotopic (exact) mass is 267 g/mol. The van der Waals surface area contributed by atoms with Crippen molar-refractivity contribution in [3.8, 4) is 0 Å². The minimum Gasteiger partial charge on any atom is -0.383 e. The summed E-state index contributed by atoms with van der Waals surface area (Å²) in [4.78, 5) is 0. The van der Waals surface area contributed by atoms with Gasteiger partial charge in [-0.2, -0.15) is 5.10 Å². The second kappa shape index (κ2) is 6.50. The van der Waals surface area contributed by atoms with Crippen LogP contribution in [0.2, 0.25) is 0 Å². The van der Waals surface area contributed by atoms with E-state index in [1.807, 2.05) is 10.9 Å². The molecule has 1 fully saturated rings. The number of hydrogen-bond donors (Lipinski definition) is 1. The van der Waals surface area contributed by atoms with Crippen LogP contribution in [-0.4, -0.2) is 41.7 Å². The van der Waals surface area contributed by atoms with E-state index < -0.39 is 0 Å². The Labute approximate surface area is 115 Å². The number of nitrogens with zero attached hydrogens (tertiary/aromatic N) is 2. The zero-order chi connectivity index (χ0) is 13.7. The Balaban J connectivity index is 1.75. The number of rotatable bonds is 7. The molecule has 1 saturated heterocycles. The highest BCUT2D eigenvalue weighted by atomic mass is 16.5. The summed E-state index contributed by atoms with van der Waals surface area (Å²) in [6.07, 6.45) is 4.57. The van der Waals surface area contributed by atoms with Gasteiger partial charge in [0.25, 0.3) is 0 Å². The van der Waals surface area contributed by atoms with Crippen LogP contribution in [-0.2, 0) is 22.6 Å². The lowest BCUT2D eigenvalue weighted by Gasteiger charge is -2.19. The minimum atomic E-state index is 0.0301. The van der Waals surface area contributed by atoms with E-state index in [1.54, 1.807) is 7.11 Å². The first-order valence-corrected chi connectivity index (χ1v) is 6.99. The highest BCUT2D eigenvalue weighted by Crippen LogP contribution is 2.29. The Morgan fingerprint density at radius 3 is 3.11 bits per heavy atom. The molecule has 1 aliphatic heterocycles. The molecule has 0 saturated carbocycles. The van der Waals surface area contributed by atoms with Crippen molar-refractivity contribution in [2.45, 2.75) is 51.5 Å². The summed E-state index contributed by atoms with van der Waals surface area (Å²) in [5.41, 5.74) is 1.09. The van der Waals surface area contributed by atoms with Gasteiger partial charge in [0.05, 0.1) is 30.6 Å². The van der Waals surface area contributed by atoms with Crippen molar-refractivity contribution >= 4 is 0 Å². The molecule has 19 heavy (non-hydrogen) atoms. The maximum absolute atomic E-state index is 5.98. The van der Waals surface area contributed by atoms with E-state index in [4.69, 9.17) is 9.47 Å². The third kappa shape index (κ3) is 4.60. The van der Waals surface area contributed by atoms with Gasteiger partial charge in [0.1, 0.15) is 0 Å². The summed E-state index contributed by atoms with van der Waals surface area (Å²) in [6, 6.07) is 2.06. The Morgan fingerprint density at radius 1 is 1.58 bits per heavy atom. The van der Waals surface area contributed by atoms with E-state index >= 15 is 0 Å². The Morgan fingerprint density at radius 2 is 2.42 bits per heavy atom. The summed E-state index contributed by atoms with van der Waals surface area (Å²) < 4.78 is 13.0. The van der Waals surface area contributed by atoms with E-state index in [9.17, 15) is 0 Å². The molecule has 0 bridgehead atoms. The third-order valence-electron chi connectivity index (χ3n) is 3.43. The zero-order valence-corrected chi connectivity index (χ0v) is 12.2. The van der Waals surface area contributed by atoms with Gasteiger partial charge in [0.2, 0.25) is 0 Å². The first-order valence-electron chi connectivity index (χ1n) is 6.99. The van der Waals surface area contributed by atoms with Crippen molar-refractivity contribution in [2.24, 2.45) is 0 Å². The number of aromatic nitrogens is 2. The number of methoxy groups -OCH3 is 1. The lowest BCUT2D eigenvalue weighted by atomic mass is 10.1. The maximum atomic E-state index is 5.98. The van der Waals surface area contributed by atoms with Crippen LogP contribution in [0, 0.1) is 0 Å². The Hall–Kier alpha value is -0.910. The van der Waals surface area contributed by atoms with Gasteiger partial charge in [-0.25, -0.2) is 0 Å².